The molecule has 0 unspecified atom stereocenters. The SMILES string of the molecule is CN[C@@H](CCCN=C(N)N)C(=O)N[C@@H](Cc1c[nH]c2ccccc12)C(=O)N[C@@H](CCCCN[C@@H](Cc1ccccc1)C(=O)C[C@@H]1NC(=O)N(C2(C(=O)NCC=O)CCCCC2)C1=O)C(N)=O. The number of Topliss-reactive ketones (excluding diaryl/α,β-unsaturated/α-hetero) is 1. The molecule has 3 aromatic rings. The highest BCUT2D eigenvalue weighted by Gasteiger charge is 2.55. The van der Waals surface area contributed by atoms with Crippen LogP contribution in [0.2, 0.25) is 0 Å². The fourth-order valence-corrected chi connectivity index (χ4v) is 8.78. The summed E-state index contributed by atoms with van der Waals surface area (Å²) in [5.41, 5.74) is 17.7. The van der Waals surface area contributed by atoms with E-state index in [1.54, 1.807) is 13.2 Å². The Morgan fingerprint density at radius 2 is 1.53 bits per heavy atom. The highest BCUT2D eigenvalue weighted by atomic mass is 16.2. The Bertz CT molecular complexity index is 2200. The van der Waals surface area contributed by atoms with Crippen LogP contribution in [0.3, 0.4) is 0 Å². The molecule has 2 aliphatic rings. The van der Waals surface area contributed by atoms with Crippen LogP contribution in [0.1, 0.15) is 81.8 Å². The molecular weight excluding hydrogens is 849 g/mol. The molecule has 5 atom stereocenters. The molecule has 1 aromatic heterocycles. The summed E-state index contributed by atoms with van der Waals surface area (Å²) in [5.74, 6) is -3.40. The van der Waals surface area contributed by atoms with Crippen molar-refractivity contribution in [1.29, 1.82) is 0 Å². The van der Waals surface area contributed by atoms with E-state index in [0.29, 0.717) is 57.9 Å². The van der Waals surface area contributed by atoms with E-state index in [0.717, 1.165) is 33.4 Å². The van der Waals surface area contributed by atoms with Crippen LogP contribution in [0.25, 0.3) is 10.9 Å². The summed E-state index contributed by atoms with van der Waals surface area (Å²) in [6.45, 7) is 0.376. The molecule has 0 radical (unpaired) electrons. The number of carbonyl (C=O) groups is 8. The van der Waals surface area contributed by atoms with Crippen molar-refractivity contribution in [3.05, 3.63) is 71.9 Å². The van der Waals surface area contributed by atoms with Crippen LogP contribution in [0, 0.1) is 0 Å². The molecule has 2 heterocycles. The Labute approximate surface area is 383 Å². The van der Waals surface area contributed by atoms with Gasteiger partial charge in [-0.05, 0) is 82.2 Å². The van der Waals surface area contributed by atoms with Crippen molar-refractivity contribution < 1.29 is 38.4 Å². The summed E-state index contributed by atoms with van der Waals surface area (Å²) in [4.78, 5) is 114. The van der Waals surface area contributed by atoms with Gasteiger partial charge in [0.25, 0.3) is 5.91 Å². The second-order valence-electron chi connectivity index (χ2n) is 16.9. The standard InChI is InChI=1S/C46H64N12O8/c1-50-34(18-12-22-53-44(48)49)40(62)56-36(26-30-28-54-32-16-7-6-15-31(30)32)41(63)55-33(39(47)61)17-8-11-21-51-35(25-29-13-4-2-5-14-29)38(60)27-37-42(64)58(45(66)57-37)46(19-9-3-10-20-46)43(65)52-23-24-59/h2,4-7,13-16,24,28,33-37,50-51,54H,3,8-12,17-23,25-27H2,1H3,(H2,47,61)(H,52,65)(H,55,63)(H,56,62)(H,57,66)(H4,48,49,53)/t33-,34-,35-,36-,37-/m0/s1. The third-order valence-electron chi connectivity index (χ3n) is 12.3. The first-order chi connectivity index (χ1) is 31.8. The summed E-state index contributed by atoms with van der Waals surface area (Å²) < 4.78 is 0. The molecule has 66 heavy (non-hydrogen) atoms. The molecule has 7 amide bonds. The van der Waals surface area contributed by atoms with Crippen LogP contribution in [-0.2, 0) is 46.4 Å². The number of benzene rings is 2. The number of guanidine groups is 1. The molecule has 1 aliphatic heterocycles. The lowest BCUT2D eigenvalue weighted by Crippen LogP contribution is -2.62. The predicted octanol–water partition coefficient (Wildman–Crippen LogP) is 0.0757. The number of nitrogens with zero attached hydrogens (tertiary/aromatic N) is 2. The van der Waals surface area contributed by atoms with Gasteiger partial charge in [0, 0.05) is 36.5 Å². The summed E-state index contributed by atoms with van der Waals surface area (Å²) in [7, 11) is 1.64. The monoisotopic (exact) mass is 912 g/mol. The number of ketones is 1. The number of nitrogens with one attached hydrogen (secondary N) is 7. The fourth-order valence-electron chi connectivity index (χ4n) is 8.78. The lowest BCUT2D eigenvalue weighted by Gasteiger charge is -2.41. The summed E-state index contributed by atoms with van der Waals surface area (Å²) >= 11 is 0. The number of unbranched alkanes of at least 4 members (excludes halogenated alkanes) is 1. The smallest absolute Gasteiger partial charge is 0.325 e. The Morgan fingerprint density at radius 3 is 2.23 bits per heavy atom. The average molecular weight is 913 g/mol. The summed E-state index contributed by atoms with van der Waals surface area (Å²) in [5, 5.41) is 17.9. The van der Waals surface area contributed by atoms with Crippen LogP contribution in [0.4, 0.5) is 4.79 Å². The number of aromatic amines is 1. The Morgan fingerprint density at radius 1 is 0.848 bits per heavy atom. The van der Waals surface area contributed by atoms with Crippen molar-refractivity contribution in [2.24, 2.45) is 22.2 Å². The predicted molar refractivity (Wildman–Crippen MR) is 247 cm³/mol. The fraction of sp³-hybridized carbons (Fsp3) is 0.500. The first-order valence-electron chi connectivity index (χ1n) is 22.6. The van der Waals surface area contributed by atoms with Gasteiger partial charge < -0.3 is 58.9 Å². The number of rotatable bonds is 27. The van der Waals surface area contributed by atoms with E-state index in [1.807, 2.05) is 54.6 Å². The van der Waals surface area contributed by atoms with Crippen LogP contribution in [0.5, 0.6) is 0 Å². The van der Waals surface area contributed by atoms with Crippen molar-refractivity contribution in [3.8, 4) is 0 Å². The number of amides is 7. The molecule has 0 spiro atoms. The molecule has 356 valence electrons. The zero-order chi connectivity index (χ0) is 47.6. The first kappa shape index (κ1) is 50.3. The number of likely N-dealkylation sites (N-methyl/N-ethyl adjacent to an activating group) is 1. The van der Waals surface area contributed by atoms with Gasteiger partial charge >= 0.3 is 6.03 Å². The van der Waals surface area contributed by atoms with Gasteiger partial charge in [-0.25, -0.2) is 9.69 Å². The van der Waals surface area contributed by atoms with Gasteiger partial charge in [0.15, 0.2) is 11.7 Å². The second kappa shape index (κ2) is 24.6. The van der Waals surface area contributed by atoms with Crippen LogP contribution in [0.15, 0.2) is 65.8 Å². The number of aliphatic imine (C=N–C) groups is 1. The van der Waals surface area contributed by atoms with E-state index in [9.17, 15) is 38.4 Å². The molecule has 2 fully saturated rings. The number of H-pyrrole nitrogens is 1. The molecule has 0 bridgehead atoms. The number of primary amides is 1. The van der Waals surface area contributed by atoms with Crippen LogP contribution in [-0.4, -0.2) is 126 Å². The minimum Gasteiger partial charge on any atom is -0.370 e. The number of hydrogen-bond donors (Lipinski definition) is 10. The highest BCUT2D eigenvalue weighted by Crippen LogP contribution is 2.36. The lowest BCUT2D eigenvalue weighted by atomic mass is 9.79. The minimum atomic E-state index is -1.46. The van der Waals surface area contributed by atoms with Gasteiger partial charge in [0.05, 0.1) is 18.6 Å². The van der Waals surface area contributed by atoms with Gasteiger partial charge in [-0.2, -0.15) is 0 Å². The van der Waals surface area contributed by atoms with Gasteiger partial charge in [-0.1, -0.05) is 67.8 Å². The Hall–Kier alpha value is -6.67. The summed E-state index contributed by atoms with van der Waals surface area (Å²) in [6, 6.07) is 11.3. The van der Waals surface area contributed by atoms with E-state index < -0.39 is 71.3 Å². The van der Waals surface area contributed by atoms with E-state index >= 15 is 0 Å². The zero-order valence-corrected chi connectivity index (χ0v) is 37.4. The number of aromatic nitrogens is 1. The number of nitrogens with two attached hydrogens (primary N) is 3. The normalized spacial score (nSPS) is 17.5. The Kier molecular flexibility index (Phi) is 18.7. The van der Waals surface area contributed by atoms with E-state index in [4.69, 9.17) is 17.2 Å². The third kappa shape index (κ3) is 13.4. The second-order valence-corrected chi connectivity index (χ2v) is 16.9. The number of hydrogen-bond acceptors (Lipinski definition) is 11. The topological polar surface area (TPSA) is 318 Å². The first-order valence-corrected chi connectivity index (χ1v) is 22.6. The molecule has 2 aromatic carbocycles. The maximum atomic E-state index is 14.0. The van der Waals surface area contributed by atoms with Crippen LogP contribution < -0.4 is 49.1 Å². The van der Waals surface area contributed by atoms with E-state index in [-0.39, 0.29) is 56.8 Å². The maximum absolute atomic E-state index is 14.0. The van der Waals surface area contributed by atoms with Crippen molar-refractivity contribution in [2.45, 2.75) is 119 Å². The maximum Gasteiger partial charge on any atom is 0.325 e. The number of aldehydes is 1. The molecule has 20 heteroatoms. The molecular formula is C46H64N12O8. The van der Waals surface area contributed by atoms with E-state index in [1.165, 1.54) is 0 Å². The quantitative estimate of drug-likeness (QED) is 0.0160. The van der Waals surface area contributed by atoms with Crippen molar-refractivity contribution >= 4 is 64.5 Å². The van der Waals surface area contributed by atoms with E-state index in [2.05, 4.69) is 41.9 Å². The van der Waals surface area contributed by atoms with Gasteiger partial charge in [0.2, 0.25) is 23.6 Å². The van der Waals surface area contributed by atoms with Crippen molar-refractivity contribution in [1.82, 2.24) is 41.8 Å². The van der Waals surface area contributed by atoms with Gasteiger partial charge in [0.1, 0.15) is 30.0 Å². The molecule has 1 aliphatic carbocycles. The Balaban J connectivity index is 1.21. The van der Waals surface area contributed by atoms with Crippen molar-refractivity contribution in [2.75, 3.05) is 26.7 Å². The molecule has 1 saturated carbocycles. The lowest BCUT2D eigenvalue weighted by molar-refractivity contribution is -0.145. The largest absolute Gasteiger partial charge is 0.370 e. The number of para-hydroxylation sites is 1. The molecule has 1 saturated heterocycles. The highest BCUT2D eigenvalue weighted by molar-refractivity contribution is 6.10. The average Bonchev–Trinajstić information content (AvgIpc) is 3.85. The molecule has 20 nitrogen and oxygen atoms in total. The minimum absolute atomic E-state index is 0.0523. The number of carbonyl (C=O) groups excluding carboxylic acids is 8. The van der Waals surface area contributed by atoms with Gasteiger partial charge in [-0.3, -0.25) is 33.8 Å². The number of imide groups is 1. The summed E-state index contributed by atoms with van der Waals surface area (Å²) in [6.07, 6.45) is 6.84. The third-order valence-corrected chi connectivity index (χ3v) is 12.3. The van der Waals surface area contributed by atoms with Crippen molar-refractivity contribution in [3.63, 3.8) is 0 Å². The van der Waals surface area contributed by atoms with Gasteiger partial charge in [-0.15, -0.1) is 0 Å². The number of urea groups is 1. The van der Waals surface area contributed by atoms with Crippen LogP contribution >= 0.6 is 0 Å². The number of fused-ring (bicyclic) bond motifs is 1. The molecule has 13 N–H and O–H groups in total. The molecule has 5 rings (SSSR count). The zero-order valence-electron chi connectivity index (χ0n) is 37.4.